The van der Waals surface area contributed by atoms with Gasteiger partial charge in [-0.1, -0.05) is 19.1 Å². The minimum Gasteiger partial charge on any atom is -0.314 e. The maximum absolute atomic E-state index is 10.9. The summed E-state index contributed by atoms with van der Waals surface area (Å²) in [5.74, 6) is 0. The van der Waals surface area contributed by atoms with Crippen LogP contribution in [0.2, 0.25) is 0 Å². The summed E-state index contributed by atoms with van der Waals surface area (Å²) in [5.41, 5.74) is 2.06. The number of hydrogen-bond donors (Lipinski definition) is 1. The first-order valence-corrected chi connectivity index (χ1v) is 6.31. The maximum Gasteiger partial charge on any atom is 0.272 e. The van der Waals surface area contributed by atoms with Crippen LogP contribution in [0.5, 0.6) is 0 Å². The molecule has 0 spiro atoms. The highest BCUT2D eigenvalue weighted by molar-refractivity contribution is 5.44. The third-order valence-electron chi connectivity index (χ3n) is 3.67. The highest BCUT2D eigenvalue weighted by atomic mass is 16.6. The van der Waals surface area contributed by atoms with Gasteiger partial charge in [0.1, 0.15) is 0 Å². The largest absolute Gasteiger partial charge is 0.314 e. The van der Waals surface area contributed by atoms with Crippen LogP contribution in [-0.4, -0.2) is 35.5 Å². The molecule has 5 heteroatoms. The molecule has 1 saturated heterocycles. The number of nitro groups is 1. The van der Waals surface area contributed by atoms with Crippen LogP contribution in [0.4, 0.5) is 5.69 Å². The van der Waals surface area contributed by atoms with E-state index in [0.717, 1.165) is 37.3 Å². The molecule has 1 aliphatic rings. The van der Waals surface area contributed by atoms with Gasteiger partial charge in [-0.25, -0.2) is 0 Å². The molecule has 0 atom stereocenters. The fourth-order valence-corrected chi connectivity index (χ4v) is 2.29. The van der Waals surface area contributed by atoms with E-state index < -0.39 is 0 Å². The topological polar surface area (TPSA) is 58.4 Å². The molecule has 1 aliphatic heterocycles. The summed E-state index contributed by atoms with van der Waals surface area (Å²) in [6.07, 6.45) is 0. The van der Waals surface area contributed by atoms with E-state index in [-0.39, 0.29) is 10.6 Å². The second-order valence-corrected chi connectivity index (χ2v) is 4.69. The predicted octanol–water partition coefficient (Wildman–Crippen LogP) is 1.70. The van der Waals surface area contributed by atoms with E-state index in [2.05, 4.69) is 17.1 Å². The van der Waals surface area contributed by atoms with Crippen LogP contribution in [0.3, 0.4) is 0 Å². The molecule has 1 aromatic rings. The van der Waals surface area contributed by atoms with Gasteiger partial charge < -0.3 is 5.32 Å². The second-order valence-electron chi connectivity index (χ2n) is 4.69. The summed E-state index contributed by atoms with van der Waals surface area (Å²) in [6.45, 7) is 7.75. The Hall–Kier alpha value is -1.46. The zero-order valence-corrected chi connectivity index (χ0v) is 10.8. The molecular formula is C13H19N3O2. The molecule has 0 aliphatic carbocycles. The zero-order chi connectivity index (χ0) is 13.1. The van der Waals surface area contributed by atoms with Gasteiger partial charge in [0.2, 0.25) is 0 Å². The van der Waals surface area contributed by atoms with Gasteiger partial charge in [0, 0.05) is 37.3 Å². The quantitative estimate of drug-likeness (QED) is 0.637. The minimum atomic E-state index is -0.306. The first kappa shape index (κ1) is 13.0. The molecule has 0 amide bonds. The third-order valence-corrected chi connectivity index (χ3v) is 3.67. The van der Waals surface area contributed by atoms with Gasteiger partial charge in [-0.3, -0.25) is 15.0 Å². The molecule has 5 nitrogen and oxygen atoms in total. The smallest absolute Gasteiger partial charge is 0.272 e. The Bertz CT molecular complexity index is 444. The number of benzene rings is 1. The van der Waals surface area contributed by atoms with Crippen LogP contribution in [0.1, 0.15) is 18.1 Å². The van der Waals surface area contributed by atoms with E-state index >= 15 is 0 Å². The second kappa shape index (κ2) is 5.46. The van der Waals surface area contributed by atoms with Crippen molar-refractivity contribution in [3.8, 4) is 0 Å². The van der Waals surface area contributed by atoms with Crippen molar-refractivity contribution < 1.29 is 4.92 Å². The Balaban J connectivity index is 2.17. The lowest BCUT2D eigenvalue weighted by molar-refractivity contribution is -0.385. The molecule has 0 aromatic heterocycles. The van der Waals surface area contributed by atoms with Crippen LogP contribution in [0.15, 0.2) is 18.2 Å². The minimum absolute atomic E-state index is 0.218. The number of hydrogen-bond acceptors (Lipinski definition) is 4. The van der Waals surface area contributed by atoms with Crippen LogP contribution < -0.4 is 5.32 Å². The van der Waals surface area contributed by atoms with Crippen molar-refractivity contribution in [2.45, 2.75) is 26.4 Å². The molecule has 0 unspecified atom stereocenters. The van der Waals surface area contributed by atoms with E-state index in [9.17, 15) is 10.1 Å². The normalized spacial score (nSPS) is 15.7. The van der Waals surface area contributed by atoms with Crippen LogP contribution in [0, 0.1) is 17.0 Å². The van der Waals surface area contributed by atoms with Crippen LogP contribution >= 0.6 is 0 Å². The van der Waals surface area contributed by atoms with E-state index in [1.165, 1.54) is 0 Å². The molecule has 1 heterocycles. The average molecular weight is 249 g/mol. The molecule has 2 rings (SSSR count). The summed E-state index contributed by atoms with van der Waals surface area (Å²) in [7, 11) is 0. The summed E-state index contributed by atoms with van der Waals surface area (Å²) in [5, 5.41) is 14.2. The number of rotatable bonds is 5. The predicted molar refractivity (Wildman–Crippen MR) is 70.6 cm³/mol. The number of nitrogens with one attached hydrogen (secondary N) is 1. The van der Waals surface area contributed by atoms with Gasteiger partial charge in [0.15, 0.2) is 0 Å². The highest BCUT2D eigenvalue weighted by Crippen LogP contribution is 2.23. The van der Waals surface area contributed by atoms with Crippen molar-refractivity contribution in [3.63, 3.8) is 0 Å². The average Bonchev–Trinajstić information content (AvgIpc) is 2.27. The molecule has 0 bridgehead atoms. The van der Waals surface area contributed by atoms with Crippen molar-refractivity contribution in [2.24, 2.45) is 0 Å². The van der Waals surface area contributed by atoms with Gasteiger partial charge in [0.25, 0.3) is 5.69 Å². The summed E-state index contributed by atoms with van der Waals surface area (Å²) < 4.78 is 0. The van der Waals surface area contributed by atoms with Crippen molar-refractivity contribution >= 4 is 5.69 Å². The molecule has 98 valence electrons. The van der Waals surface area contributed by atoms with E-state index in [1.54, 1.807) is 12.1 Å². The number of nitro benzene ring substituents is 1. The third kappa shape index (κ3) is 2.52. The lowest BCUT2D eigenvalue weighted by atomic mass is 10.0. The summed E-state index contributed by atoms with van der Waals surface area (Å²) in [6, 6.07) is 5.89. The standard InChI is InChI=1S/C13H19N3O2/c1-3-15(12-7-14-8-12)9-11-5-4-6-13(10(11)2)16(17)18/h4-6,12,14H,3,7-9H2,1-2H3. The Morgan fingerprint density at radius 3 is 2.72 bits per heavy atom. The van der Waals surface area contributed by atoms with Crippen molar-refractivity contribution in [1.29, 1.82) is 0 Å². The Morgan fingerprint density at radius 1 is 1.50 bits per heavy atom. The highest BCUT2D eigenvalue weighted by Gasteiger charge is 2.24. The Morgan fingerprint density at radius 2 is 2.22 bits per heavy atom. The molecule has 1 fully saturated rings. The number of nitrogens with zero attached hydrogens (tertiary/aromatic N) is 2. The summed E-state index contributed by atoms with van der Waals surface area (Å²) >= 11 is 0. The monoisotopic (exact) mass is 249 g/mol. The van der Waals surface area contributed by atoms with E-state index in [0.29, 0.717) is 6.04 Å². The fourth-order valence-electron chi connectivity index (χ4n) is 2.29. The molecule has 1 aromatic carbocycles. The van der Waals surface area contributed by atoms with Gasteiger partial charge in [-0.15, -0.1) is 0 Å². The van der Waals surface area contributed by atoms with Crippen LogP contribution in [-0.2, 0) is 6.54 Å². The number of likely N-dealkylation sites (N-methyl/N-ethyl adjacent to an activating group) is 1. The SMILES string of the molecule is CCN(Cc1cccc([N+](=O)[O-])c1C)C1CNC1. The first-order chi connectivity index (χ1) is 8.63. The summed E-state index contributed by atoms with van der Waals surface area (Å²) in [4.78, 5) is 13.0. The fraction of sp³-hybridized carbons (Fsp3) is 0.538. The van der Waals surface area contributed by atoms with Gasteiger partial charge in [-0.2, -0.15) is 0 Å². The first-order valence-electron chi connectivity index (χ1n) is 6.31. The zero-order valence-electron chi connectivity index (χ0n) is 10.8. The maximum atomic E-state index is 10.9. The lowest BCUT2D eigenvalue weighted by Gasteiger charge is -2.37. The van der Waals surface area contributed by atoms with Gasteiger partial charge in [0.05, 0.1) is 4.92 Å². The van der Waals surface area contributed by atoms with E-state index in [4.69, 9.17) is 0 Å². The molecule has 0 saturated carbocycles. The Kier molecular flexibility index (Phi) is 3.93. The molecular weight excluding hydrogens is 230 g/mol. The Labute approximate surface area is 107 Å². The lowest BCUT2D eigenvalue weighted by Crippen LogP contribution is -2.56. The van der Waals surface area contributed by atoms with Crippen molar-refractivity contribution in [2.75, 3.05) is 19.6 Å². The van der Waals surface area contributed by atoms with Gasteiger partial charge in [-0.05, 0) is 19.0 Å². The van der Waals surface area contributed by atoms with Gasteiger partial charge >= 0.3 is 0 Å². The van der Waals surface area contributed by atoms with Crippen molar-refractivity contribution in [1.82, 2.24) is 10.2 Å². The van der Waals surface area contributed by atoms with Crippen molar-refractivity contribution in [3.05, 3.63) is 39.4 Å². The van der Waals surface area contributed by atoms with E-state index in [1.807, 2.05) is 13.0 Å². The molecule has 18 heavy (non-hydrogen) atoms. The molecule has 1 N–H and O–H groups in total. The van der Waals surface area contributed by atoms with Crippen LogP contribution in [0.25, 0.3) is 0 Å². The molecule has 0 radical (unpaired) electrons.